The number of aliphatic hydroxyl groups excluding tert-OH is 1. The standard InChI is InChI=1S/C11H11F3N2O2/c1-15-9-6-7(11(12,13)14)2-3-8(9)16(4-5-17)10(15)18/h2-3,6,17H,4-5H2,1H3. The molecule has 0 spiro atoms. The predicted octanol–water partition coefficient (Wildman–Crippen LogP) is 1.35. The highest BCUT2D eigenvalue weighted by Crippen LogP contribution is 2.31. The first-order valence-electron chi connectivity index (χ1n) is 5.23. The fourth-order valence-corrected chi connectivity index (χ4v) is 1.90. The summed E-state index contributed by atoms with van der Waals surface area (Å²) in [6.07, 6.45) is -4.44. The van der Waals surface area contributed by atoms with Gasteiger partial charge in [0.25, 0.3) is 0 Å². The Balaban J connectivity index is 2.73. The van der Waals surface area contributed by atoms with Crippen LogP contribution in [0.5, 0.6) is 0 Å². The van der Waals surface area contributed by atoms with Crippen molar-refractivity contribution in [3.05, 3.63) is 34.2 Å². The van der Waals surface area contributed by atoms with Gasteiger partial charge in [-0.25, -0.2) is 4.79 Å². The number of alkyl halides is 3. The number of fused-ring (bicyclic) bond motifs is 1. The second-order valence-corrected chi connectivity index (χ2v) is 3.92. The Morgan fingerprint density at radius 3 is 2.50 bits per heavy atom. The monoisotopic (exact) mass is 260 g/mol. The molecular weight excluding hydrogens is 249 g/mol. The van der Waals surface area contributed by atoms with Crippen molar-refractivity contribution in [3.63, 3.8) is 0 Å². The number of hydrogen-bond donors (Lipinski definition) is 1. The van der Waals surface area contributed by atoms with Gasteiger partial charge in [-0.1, -0.05) is 0 Å². The maximum absolute atomic E-state index is 12.6. The average molecular weight is 260 g/mol. The Labute approximate surface area is 99.9 Å². The number of rotatable bonds is 2. The lowest BCUT2D eigenvalue weighted by Crippen LogP contribution is -2.23. The molecule has 0 unspecified atom stereocenters. The molecule has 0 aliphatic heterocycles. The summed E-state index contributed by atoms with van der Waals surface area (Å²) in [5.41, 5.74) is -0.669. The number of halogens is 3. The number of hydrogen-bond acceptors (Lipinski definition) is 2. The normalized spacial score (nSPS) is 12.3. The Kier molecular flexibility index (Phi) is 2.94. The molecule has 0 aliphatic carbocycles. The van der Waals surface area contributed by atoms with Gasteiger partial charge >= 0.3 is 11.9 Å². The summed E-state index contributed by atoms with van der Waals surface area (Å²) in [6, 6.07) is 3.11. The molecule has 0 atom stereocenters. The molecule has 0 aliphatic rings. The molecule has 1 N–H and O–H groups in total. The van der Waals surface area contributed by atoms with E-state index in [-0.39, 0.29) is 18.7 Å². The minimum atomic E-state index is -4.44. The van der Waals surface area contributed by atoms with Crippen LogP contribution >= 0.6 is 0 Å². The van der Waals surface area contributed by atoms with Crippen LogP contribution < -0.4 is 5.69 Å². The summed E-state index contributed by atoms with van der Waals surface area (Å²) in [5.74, 6) is 0. The molecule has 0 saturated heterocycles. The van der Waals surface area contributed by atoms with E-state index in [1.165, 1.54) is 17.7 Å². The SMILES string of the molecule is Cn1c(=O)n(CCO)c2ccc(C(F)(F)F)cc21. The fourth-order valence-electron chi connectivity index (χ4n) is 1.90. The van der Waals surface area contributed by atoms with Gasteiger partial charge in [0.1, 0.15) is 0 Å². The van der Waals surface area contributed by atoms with Gasteiger partial charge in [-0.2, -0.15) is 13.2 Å². The number of imidazole rings is 1. The van der Waals surface area contributed by atoms with Gasteiger partial charge in [-0.15, -0.1) is 0 Å². The fraction of sp³-hybridized carbons (Fsp3) is 0.364. The minimum Gasteiger partial charge on any atom is -0.395 e. The zero-order valence-electron chi connectivity index (χ0n) is 9.53. The van der Waals surface area contributed by atoms with Crippen molar-refractivity contribution in [1.29, 1.82) is 0 Å². The Morgan fingerprint density at radius 2 is 1.94 bits per heavy atom. The molecule has 0 amide bonds. The summed E-state index contributed by atoms with van der Waals surface area (Å²) >= 11 is 0. The molecule has 98 valence electrons. The molecule has 1 aromatic carbocycles. The van der Waals surface area contributed by atoms with Gasteiger partial charge < -0.3 is 5.11 Å². The molecule has 4 nitrogen and oxygen atoms in total. The van der Waals surface area contributed by atoms with E-state index in [2.05, 4.69) is 0 Å². The third-order valence-electron chi connectivity index (χ3n) is 2.80. The van der Waals surface area contributed by atoms with Crippen LogP contribution in [-0.2, 0) is 19.8 Å². The molecule has 0 radical (unpaired) electrons. The summed E-state index contributed by atoms with van der Waals surface area (Å²) in [5, 5.41) is 8.85. The second kappa shape index (κ2) is 4.16. The van der Waals surface area contributed by atoms with Gasteiger partial charge in [-0.3, -0.25) is 9.13 Å². The van der Waals surface area contributed by atoms with Crippen molar-refractivity contribution in [1.82, 2.24) is 9.13 Å². The number of aromatic nitrogens is 2. The van der Waals surface area contributed by atoms with Crippen molar-refractivity contribution in [2.24, 2.45) is 7.05 Å². The van der Waals surface area contributed by atoms with E-state index < -0.39 is 17.4 Å². The van der Waals surface area contributed by atoms with E-state index >= 15 is 0 Å². The van der Waals surface area contributed by atoms with Crippen LogP contribution in [0.25, 0.3) is 11.0 Å². The highest BCUT2D eigenvalue weighted by atomic mass is 19.4. The number of nitrogens with zero attached hydrogens (tertiary/aromatic N) is 2. The van der Waals surface area contributed by atoms with Gasteiger partial charge in [0, 0.05) is 7.05 Å². The van der Waals surface area contributed by atoms with Crippen molar-refractivity contribution in [2.45, 2.75) is 12.7 Å². The summed E-state index contributed by atoms with van der Waals surface area (Å²) in [6.45, 7) is -0.193. The van der Waals surface area contributed by atoms with E-state index in [4.69, 9.17) is 5.11 Å². The lowest BCUT2D eigenvalue weighted by atomic mass is 10.2. The third kappa shape index (κ3) is 1.90. The van der Waals surface area contributed by atoms with E-state index in [9.17, 15) is 18.0 Å². The molecule has 0 bridgehead atoms. The number of benzene rings is 1. The van der Waals surface area contributed by atoms with E-state index in [1.54, 1.807) is 0 Å². The first-order chi connectivity index (χ1) is 8.36. The van der Waals surface area contributed by atoms with Crippen molar-refractivity contribution in [2.75, 3.05) is 6.61 Å². The maximum atomic E-state index is 12.6. The first kappa shape index (κ1) is 12.7. The minimum absolute atomic E-state index is 0.0571. The van der Waals surface area contributed by atoms with Gasteiger partial charge in [0.15, 0.2) is 0 Å². The van der Waals surface area contributed by atoms with Crippen LogP contribution in [0.3, 0.4) is 0 Å². The topological polar surface area (TPSA) is 47.2 Å². The zero-order valence-corrected chi connectivity index (χ0v) is 9.53. The third-order valence-corrected chi connectivity index (χ3v) is 2.80. The smallest absolute Gasteiger partial charge is 0.395 e. The Bertz CT molecular complexity index is 640. The van der Waals surface area contributed by atoms with Crippen LogP contribution in [-0.4, -0.2) is 20.8 Å². The summed E-state index contributed by atoms with van der Waals surface area (Å²) in [7, 11) is 1.40. The molecule has 2 aromatic rings. The lowest BCUT2D eigenvalue weighted by molar-refractivity contribution is -0.137. The quantitative estimate of drug-likeness (QED) is 0.886. The number of aliphatic hydroxyl groups is 1. The zero-order chi connectivity index (χ0) is 13.5. The van der Waals surface area contributed by atoms with E-state index in [1.807, 2.05) is 0 Å². The number of aryl methyl sites for hydroxylation is 1. The highest BCUT2D eigenvalue weighted by molar-refractivity contribution is 5.77. The van der Waals surface area contributed by atoms with Crippen LogP contribution in [0.15, 0.2) is 23.0 Å². The molecule has 18 heavy (non-hydrogen) atoms. The second-order valence-electron chi connectivity index (χ2n) is 3.92. The van der Waals surface area contributed by atoms with E-state index in [0.717, 1.165) is 16.7 Å². The predicted molar refractivity (Wildman–Crippen MR) is 59.3 cm³/mol. The molecule has 0 saturated carbocycles. The Morgan fingerprint density at radius 1 is 1.28 bits per heavy atom. The molecule has 2 rings (SSSR count). The van der Waals surface area contributed by atoms with Crippen LogP contribution in [0.1, 0.15) is 5.56 Å². The molecular formula is C11H11F3N2O2. The summed E-state index contributed by atoms with van der Waals surface area (Å²) in [4.78, 5) is 11.8. The first-order valence-corrected chi connectivity index (χ1v) is 5.23. The lowest BCUT2D eigenvalue weighted by Gasteiger charge is -2.07. The van der Waals surface area contributed by atoms with Gasteiger partial charge in [0.2, 0.25) is 0 Å². The highest BCUT2D eigenvalue weighted by Gasteiger charge is 2.31. The van der Waals surface area contributed by atoms with Crippen LogP contribution in [0.2, 0.25) is 0 Å². The van der Waals surface area contributed by atoms with Gasteiger partial charge in [-0.05, 0) is 18.2 Å². The molecule has 1 aromatic heterocycles. The van der Waals surface area contributed by atoms with Gasteiger partial charge in [0.05, 0.1) is 29.7 Å². The van der Waals surface area contributed by atoms with E-state index in [0.29, 0.717) is 5.52 Å². The maximum Gasteiger partial charge on any atom is 0.416 e. The van der Waals surface area contributed by atoms with Crippen LogP contribution in [0, 0.1) is 0 Å². The average Bonchev–Trinajstić information content (AvgIpc) is 2.54. The molecule has 7 heteroatoms. The largest absolute Gasteiger partial charge is 0.416 e. The molecule has 0 fully saturated rings. The summed E-state index contributed by atoms with van der Waals surface area (Å²) < 4.78 is 40.1. The van der Waals surface area contributed by atoms with Crippen molar-refractivity contribution < 1.29 is 18.3 Å². The Hall–Kier alpha value is -1.76. The van der Waals surface area contributed by atoms with Crippen molar-refractivity contribution >= 4 is 11.0 Å². The molecule has 1 heterocycles. The van der Waals surface area contributed by atoms with Crippen molar-refractivity contribution in [3.8, 4) is 0 Å². The van der Waals surface area contributed by atoms with Crippen LogP contribution in [0.4, 0.5) is 13.2 Å².